The van der Waals surface area contributed by atoms with Gasteiger partial charge in [0.1, 0.15) is 21.2 Å². The van der Waals surface area contributed by atoms with E-state index < -0.39 is 0 Å². The van der Waals surface area contributed by atoms with Gasteiger partial charge in [-0.3, -0.25) is 14.5 Å². The van der Waals surface area contributed by atoms with Crippen molar-refractivity contribution >= 4 is 56.5 Å². The van der Waals surface area contributed by atoms with Gasteiger partial charge in [0.25, 0.3) is 5.91 Å². The molecule has 2 aromatic heterocycles. The van der Waals surface area contributed by atoms with Crippen LogP contribution in [0.1, 0.15) is 28.1 Å². The zero-order valence-corrected chi connectivity index (χ0v) is 23.6. The number of hydrogen-bond acceptors (Lipinski definition) is 7. The average Bonchev–Trinajstić information content (AvgIpc) is 3.34. The summed E-state index contributed by atoms with van der Waals surface area (Å²) in [7, 11) is 1.74. The normalized spacial score (nSPS) is 16.4. The standard InChI is InChI=1S/C30H30N6O4S/c1-18-15-21(40-20-8-4-3-5-9-20)10-11-22(18)36-23-12-13-32-29-25(23)26(34-30(36)39)27(41-29)28(38)33-19-7-6-14-35(17-19)24(37)16-31-2/h3-5,8-13,15,19,31H,6-7,14,16-17H2,1-2H3,(H,33,38)(H,34,39)/t19-/m1/s1. The maximum atomic E-state index is 13.6. The minimum atomic E-state index is -0.362. The molecule has 0 radical (unpaired) electrons. The molecule has 2 aliphatic heterocycles. The molecule has 210 valence electrons. The van der Waals surface area contributed by atoms with E-state index in [1.165, 1.54) is 11.3 Å². The number of carbonyl (C=O) groups is 3. The molecule has 1 atom stereocenters. The van der Waals surface area contributed by atoms with Gasteiger partial charge in [-0.1, -0.05) is 18.2 Å². The van der Waals surface area contributed by atoms with Gasteiger partial charge in [0.15, 0.2) is 0 Å². The maximum Gasteiger partial charge on any atom is 0.331 e. The summed E-state index contributed by atoms with van der Waals surface area (Å²) in [4.78, 5) is 48.3. The Labute approximate surface area is 241 Å². The number of ether oxygens (including phenoxy) is 1. The lowest BCUT2D eigenvalue weighted by Gasteiger charge is -2.33. The number of benzene rings is 2. The number of rotatable bonds is 7. The van der Waals surface area contributed by atoms with E-state index in [9.17, 15) is 14.4 Å². The number of likely N-dealkylation sites (N-methyl/N-ethyl adjacent to an activating group) is 1. The molecule has 4 amide bonds. The number of likely N-dealkylation sites (tertiary alicyclic amines) is 1. The molecule has 4 aromatic rings. The summed E-state index contributed by atoms with van der Waals surface area (Å²) >= 11 is 1.25. The van der Waals surface area contributed by atoms with E-state index in [-0.39, 0.29) is 30.4 Å². The number of thiophene rings is 1. The Morgan fingerprint density at radius 1 is 1.12 bits per heavy atom. The molecule has 0 aliphatic carbocycles. The molecule has 1 saturated heterocycles. The highest BCUT2D eigenvalue weighted by atomic mass is 32.1. The first kappa shape index (κ1) is 26.7. The summed E-state index contributed by atoms with van der Waals surface area (Å²) in [5.74, 6) is 1.12. The molecule has 3 N–H and O–H groups in total. The lowest BCUT2D eigenvalue weighted by atomic mass is 10.1. The minimum absolute atomic E-state index is 0.0135. The van der Waals surface area contributed by atoms with E-state index in [1.54, 1.807) is 29.1 Å². The fourth-order valence-electron chi connectivity index (χ4n) is 5.39. The molecule has 0 bridgehead atoms. The third-order valence-corrected chi connectivity index (χ3v) is 8.37. The van der Waals surface area contributed by atoms with Crippen LogP contribution in [0.3, 0.4) is 0 Å². The molecule has 2 aromatic carbocycles. The first-order chi connectivity index (χ1) is 19.9. The van der Waals surface area contributed by atoms with Crippen LogP contribution >= 0.6 is 11.3 Å². The number of carbonyl (C=O) groups excluding carboxylic acids is 3. The van der Waals surface area contributed by atoms with Gasteiger partial charge in [0, 0.05) is 25.3 Å². The average molecular weight is 571 g/mol. The second-order valence-corrected chi connectivity index (χ2v) is 11.1. The molecular weight excluding hydrogens is 540 g/mol. The van der Waals surface area contributed by atoms with Crippen molar-refractivity contribution in [2.45, 2.75) is 25.8 Å². The first-order valence-corrected chi connectivity index (χ1v) is 14.3. The highest BCUT2D eigenvalue weighted by molar-refractivity contribution is 7.21. The van der Waals surface area contributed by atoms with Crippen LogP contribution < -0.4 is 25.6 Å². The number of urea groups is 1. The van der Waals surface area contributed by atoms with Crippen molar-refractivity contribution < 1.29 is 19.1 Å². The number of hydrogen-bond donors (Lipinski definition) is 3. The largest absolute Gasteiger partial charge is 0.457 e. The van der Waals surface area contributed by atoms with Crippen LogP contribution in [0, 0.1) is 6.92 Å². The summed E-state index contributed by atoms with van der Waals surface area (Å²) < 4.78 is 5.97. The second kappa shape index (κ2) is 11.2. The monoisotopic (exact) mass is 570 g/mol. The molecule has 0 spiro atoms. The lowest BCUT2D eigenvalue weighted by molar-refractivity contribution is -0.131. The molecule has 6 rings (SSSR count). The van der Waals surface area contributed by atoms with Gasteiger partial charge >= 0.3 is 6.03 Å². The predicted molar refractivity (Wildman–Crippen MR) is 159 cm³/mol. The molecule has 0 unspecified atom stereocenters. The van der Waals surface area contributed by atoms with E-state index in [0.29, 0.717) is 45.6 Å². The van der Waals surface area contributed by atoms with Gasteiger partial charge in [-0.05, 0) is 68.8 Å². The van der Waals surface area contributed by atoms with Gasteiger partial charge in [-0.25, -0.2) is 9.78 Å². The quantitative estimate of drug-likeness (QED) is 0.287. The summed E-state index contributed by atoms with van der Waals surface area (Å²) in [5, 5.41) is 9.65. The Balaban J connectivity index is 1.27. The summed E-state index contributed by atoms with van der Waals surface area (Å²) in [5.41, 5.74) is 2.68. The fourth-order valence-corrected chi connectivity index (χ4v) is 6.41. The number of nitrogens with zero attached hydrogens (tertiary/aromatic N) is 3. The molecule has 1 fully saturated rings. The minimum Gasteiger partial charge on any atom is -0.457 e. The van der Waals surface area contributed by atoms with Crippen molar-refractivity contribution in [3.63, 3.8) is 0 Å². The van der Waals surface area contributed by atoms with Crippen LogP contribution in [-0.2, 0) is 4.79 Å². The van der Waals surface area contributed by atoms with E-state index in [1.807, 2.05) is 55.5 Å². The molecular formula is C30H30N6O4S. The zero-order valence-electron chi connectivity index (χ0n) is 22.8. The second-order valence-electron chi connectivity index (χ2n) is 10.1. The zero-order chi connectivity index (χ0) is 28.5. The summed E-state index contributed by atoms with van der Waals surface area (Å²) in [6.45, 7) is 3.33. The third kappa shape index (κ3) is 5.21. The number of para-hydroxylation sites is 1. The summed E-state index contributed by atoms with van der Waals surface area (Å²) in [6.07, 6.45) is 3.24. The van der Waals surface area contributed by atoms with Crippen molar-refractivity contribution in [3.8, 4) is 11.5 Å². The van der Waals surface area contributed by atoms with Crippen molar-refractivity contribution in [1.82, 2.24) is 20.5 Å². The molecule has 10 nitrogen and oxygen atoms in total. The Bertz CT molecular complexity index is 1640. The van der Waals surface area contributed by atoms with Gasteiger partial charge in [0.2, 0.25) is 5.91 Å². The van der Waals surface area contributed by atoms with Gasteiger partial charge < -0.3 is 25.6 Å². The van der Waals surface area contributed by atoms with Crippen molar-refractivity contribution in [3.05, 3.63) is 71.2 Å². The molecule has 2 aliphatic rings. The highest BCUT2D eigenvalue weighted by Gasteiger charge is 2.34. The van der Waals surface area contributed by atoms with Crippen molar-refractivity contribution in [2.75, 3.05) is 36.9 Å². The van der Waals surface area contributed by atoms with Gasteiger partial charge in [0.05, 0.1) is 29.0 Å². The van der Waals surface area contributed by atoms with Crippen LogP contribution in [0.25, 0.3) is 10.2 Å². The Morgan fingerprint density at radius 2 is 1.95 bits per heavy atom. The topological polar surface area (TPSA) is 116 Å². The van der Waals surface area contributed by atoms with Gasteiger partial charge in [-0.15, -0.1) is 11.3 Å². The van der Waals surface area contributed by atoms with Crippen LogP contribution in [0.2, 0.25) is 0 Å². The number of amides is 4. The third-order valence-electron chi connectivity index (χ3n) is 7.28. The van der Waals surface area contributed by atoms with E-state index >= 15 is 0 Å². The van der Waals surface area contributed by atoms with Crippen LogP contribution in [0.4, 0.5) is 21.9 Å². The number of aromatic nitrogens is 1. The van der Waals surface area contributed by atoms with Crippen molar-refractivity contribution in [1.29, 1.82) is 0 Å². The van der Waals surface area contributed by atoms with Gasteiger partial charge in [-0.2, -0.15) is 0 Å². The predicted octanol–water partition coefficient (Wildman–Crippen LogP) is 5.02. The number of aryl methyl sites for hydroxylation is 1. The summed E-state index contributed by atoms with van der Waals surface area (Å²) in [6, 6.07) is 16.4. The van der Waals surface area contributed by atoms with Crippen LogP contribution in [0.15, 0.2) is 60.8 Å². The fraction of sp³-hybridized carbons (Fsp3) is 0.267. The first-order valence-electron chi connectivity index (χ1n) is 13.5. The molecule has 0 saturated carbocycles. The van der Waals surface area contributed by atoms with Crippen molar-refractivity contribution in [2.24, 2.45) is 0 Å². The number of piperidine rings is 1. The molecule has 4 heterocycles. The van der Waals surface area contributed by atoms with E-state index in [4.69, 9.17) is 4.74 Å². The Morgan fingerprint density at radius 3 is 2.73 bits per heavy atom. The maximum absolute atomic E-state index is 13.6. The number of pyridine rings is 1. The van der Waals surface area contributed by atoms with Crippen LogP contribution in [-0.4, -0.2) is 60.5 Å². The Kier molecular flexibility index (Phi) is 7.29. The smallest absolute Gasteiger partial charge is 0.331 e. The van der Waals surface area contributed by atoms with E-state index in [2.05, 4.69) is 20.9 Å². The number of nitrogens with one attached hydrogen (secondary N) is 3. The highest BCUT2D eigenvalue weighted by Crippen LogP contribution is 2.46. The SMILES string of the molecule is CNCC(=O)N1CCC[C@@H](NC(=O)c2sc3nccc4c3c2NC(=O)N4c2ccc(Oc3ccccc3)cc2C)C1. The van der Waals surface area contributed by atoms with Crippen LogP contribution in [0.5, 0.6) is 11.5 Å². The molecule has 41 heavy (non-hydrogen) atoms. The lowest BCUT2D eigenvalue weighted by Crippen LogP contribution is -2.51. The Hall–Kier alpha value is -4.48. The number of anilines is 3. The molecule has 11 heteroatoms. The van der Waals surface area contributed by atoms with E-state index in [0.717, 1.165) is 29.5 Å².